The Hall–Kier alpha value is -4.74. The molecule has 0 fully saturated rings. The van der Waals surface area contributed by atoms with Crippen LogP contribution in [0.4, 0.5) is 5.82 Å². The van der Waals surface area contributed by atoms with Crippen LogP contribution in [-0.4, -0.2) is 105 Å². The average Bonchev–Trinajstić information content (AvgIpc) is 3.24. The molecule has 0 bridgehead atoms. The summed E-state index contributed by atoms with van der Waals surface area (Å²) in [7, 11) is 0. The molecule has 0 saturated carbocycles. The number of pyridine rings is 1. The maximum atomic E-state index is 12.8. The lowest BCUT2D eigenvalue weighted by Crippen LogP contribution is -2.36. The van der Waals surface area contributed by atoms with Gasteiger partial charge >= 0.3 is 11.9 Å². The zero-order chi connectivity index (χ0) is 47.4. The van der Waals surface area contributed by atoms with Gasteiger partial charge in [0.1, 0.15) is 36.1 Å². The number of nitrogens with one attached hydrogen (secondary N) is 3. The van der Waals surface area contributed by atoms with Crippen molar-refractivity contribution in [2.75, 3.05) is 70.7 Å². The maximum Gasteiger partial charge on any atom is 0.329 e. The van der Waals surface area contributed by atoms with E-state index < -0.39 is 17.0 Å². The molecule has 16 heteroatoms. The first-order valence-electron chi connectivity index (χ1n) is 22.0. The molecule has 2 amide bonds. The van der Waals surface area contributed by atoms with Crippen LogP contribution in [0.3, 0.4) is 0 Å². The number of aryl methyl sites for hydroxylation is 1. The number of esters is 1. The minimum Gasteiger partial charge on any atom is -0.480 e. The van der Waals surface area contributed by atoms with E-state index >= 15 is 0 Å². The van der Waals surface area contributed by atoms with Crippen LogP contribution in [0.2, 0.25) is 0 Å². The molecule has 1 aromatic heterocycles. The Labute approximate surface area is 384 Å². The van der Waals surface area contributed by atoms with Gasteiger partial charge in [0.05, 0.1) is 50.6 Å². The predicted octanol–water partition coefficient (Wildman–Crippen LogP) is 8.51. The average molecular weight is 913 g/mol. The van der Waals surface area contributed by atoms with Crippen LogP contribution in [0.15, 0.2) is 71.8 Å². The van der Waals surface area contributed by atoms with E-state index in [0.717, 1.165) is 48.5 Å². The summed E-state index contributed by atoms with van der Waals surface area (Å²) in [5.74, 6) is 0.344. The largest absolute Gasteiger partial charge is 0.480 e. The number of rotatable bonds is 30. The highest BCUT2D eigenvalue weighted by Crippen LogP contribution is 2.39. The Kier molecular flexibility index (Phi) is 25.7. The molecule has 1 heterocycles. The first-order valence-corrected chi connectivity index (χ1v) is 22.8. The van der Waals surface area contributed by atoms with Gasteiger partial charge in [-0.25, -0.2) is 9.78 Å². The van der Waals surface area contributed by atoms with Crippen LogP contribution in [0.5, 0.6) is 11.5 Å². The summed E-state index contributed by atoms with van der Waals surface area (Å²) in [5, 5.41) is 13.9. The summed E-state index contributed by atoms with van der Waals surface area (Å²) in [6.07, 6.45) is 6.44. The normalized spacial score (nSPS) is 11.5. The van der Waals surface area contributed by atoms with Gasteiger partial charge in [0.15, 0.2) is 0 Å². The number of hydrogen-bond acceptors (Lipinski definition) is 13. The third-order valence-electron chi connectivity index (χ3n) is 9.03. The smallest absolute Gasteiger partial charge is 0.329 e. The zero-order valence-corrected chi connectivity index (χ0v) is 40.2. The van der Waals surface area contributed by atoms with Crippen LogP contribution in [0.1, 0.15) is 104 Å². The van der Waals surface area contributed by atoms with E-state index in [1.165, 1.54) is 23.7 Å². The van der Waals surface area contributed by atoms with Gasteiger partial charge in [0, 0.05) is 24.2 Å². The topological polar surface area (TPSA) is 193 Å². The van der Waals surface area contributed by atoms with Gasteiger partial charge in [-0.3, -0.25) is 14.4 Å². The third kappa shape index (κ3) is 24.9. The van der Waals surface area contributed by atoms with Crippen molar-refractivity contribution >= 4 is 41.5 Å². The highest BCUT2D eigenvalue weighted by atomic mass is 32.2. The molecule has 4 N–H and O–H groups in total. The molecule has 0 aliphatic heterocycles. The van der Waals surface area contributed by atoms with Crippen LogP contribution in [-0.2, 0) is 44.5 Å². The van der Waals surface area contributed by atoms with Crippen molar-refractivity contribution in [3.63, 3.8) is 0 Å². The van der Waals surface area contributed by atoms with Crippen molar-refractivity contribution in [1.29, 1.82) is 0 Å². The number of carboxylic acid groups (broad SMARTS) is 1. The van der Waals surface area contributed by atoms with E-state index in [9.17, 15) is 19.2 Å². The van der Waals surface area contributed by atoms with Crippen molar-refractivity contribution in [3.05, 3.63) is 78.0 Å². The summed E-state index contributed by atoms with van der Waals surface area (Å²) in [4.78, 5) is 52.7. The maximum absolute atomic E-state index is 12.8. The standard InChI is InChI=1S/C46H66N4O11S.C2H6/c1-44(2,3)61-43(55)46(6,7)33-45(4,5)21-9-8-10-34-11-14-36(15-12-34)60-37-16-18-38(19-17-37)62-50-39-20-13-35(30-49-39)42(54)48-23-25-57-26-28-58-31-40(51)47-22-24-56-27-29-59-32-41(52)53;1-2/h11-20,30H,8-10,21-29,31-33H2,1-7H3,(H,47,51)(H,48,54)(H,49,50)(H,52,53);1-2H3. The number of hydrogen-bond donors (Lipinski definition) is 4. The van der Waals surface area contributed by atoms with E-state index in [1.54, 1.807) is 12.1 Å². The number of nitrogens with zero attached hydrogens (tertiary/aromatic N) is 1. The molecule has 0 aliphatic rings. The molecule has 0 aliphatic carbocycles. The van der Waals surface area contributed by atoms with Crippen molar-refractivity contribution < 1.29 is 52.7 Å². The molecule has 0 radical (unpaired) electrons. The van der Waals surface area contributed by atoms with E-state index in [1.807, 2.05) is 84.9 Å². The number of carbonyl (C=O) groups excluding carboxylic acids is 3. The summed E-state index contributed by atoms with van der Waals surface area (Å²) in [6.45, 7) is 19.6. The number of aromatic nitrogens is 1. The first kappa shape index (κ1) is 55.4. The second-order valence-corrected chi connectivity index (χ2v) is 18.0. The number of aliphatic carboxylic acids is 1. The van der Waals surface area contributed by atoms with Gasteiger partial charge in [-0.2, -0.15) is 0 Å². The van der Waals surface area contributed by atoms with Gasteiger partial charge < -0.3 is 48.9 Å². The summed E-state index contributed by atoms with van der Waals surface area (Å²) < 4.78 is 35.7. The van der Waals surface area contributed by atoms with Crippen LogP contribution in [0, 0.1) is 10.8 Å². The monoisotopic (exact) mass is 912 g/mol. The summed E-state index contributed by atoms with van der Waals surface area (Å²) >= 11 is 1.39. The minimum atomic E-state index is -1.04. The van der Waals surface area contributed by atoms with Crippen molar-refractivity contribution in [2.45, 2.75) is 105 Å². The Morgan fingerprint density at radius 1 is 0.688 bits per heavy atom. The van der Waals surface area contributed by atoms with Gasteiger partial charge in [-0.05, 0) is 132 Å². The lowest BCUT2D eigenvalue weighted by atomic mass is 9.72. The lowest BCUT2D eigenvalue weighted by molar-refractivity contribution is -0.167. The minimum absolute atomic E-state index is 0.0279. The molecule has 356 valence electrons. The number of ether oxygens (including phenoxy) is 6. The third-order valence-corrected chi connectivity index (χ3v) is 9.85. The molecule has 3 rings (SSSR count). The van der Waals surface area contributed by atoms with Gasteiger partial charge in [0.2, 0.25) is 5.91 Å². The second-order valence-electron chi connectivity index (χ2n) is 17.1. The quantitative estimate of drug-likeness (QED) is 0.0283. The fraction of sp³-hybridized carbons (Fsp3) is 0.562. The molecule has 3 aromatic rings. The van der Waals surface area contributed by atoms with Gasteiger partial charge in [0.25, 0.3) is 5.91 Å². The van der Waals surface area contributed by atoms with Crippen molar-refractivity contribution in [1.82, 2.24) is 15.6 Å². The number of amides is 2. The molecule has 0 spiro atoms. The Morgan fingerprint density at radius 2 is 1.27 bits per heavy atom. The fourth-order valence-electron chi connectivity index (χ4n) is 6.26. The molecule has 0 atom stereocenters. The fourth-order valence-corrected chi connectivity index (χ4v) is 6.87. The highest BCUT2D eigenvalue weighted by Gasteiger charge is 2.37. The molecular formula is C48H72N4O11S. The van der Waals surface area contributed by atoms with E-state index in [2.05, 4.69) is 46.3 Å². The Bertz CT molecular complexity index is 1800. The molecule has 15 nitrogen and oxygen atoms in total. The molecule has 0 saturated heterocycles. The number of benzene rings is 2. The lowest BCUT2D eigenvalue weighted by Gasteiger charge is -2.35. The second kappa shape index (κ2) is 29.7. The SMILES string of the molecule is CC.CC(C)(CCCCc1ccc(Oc2ccc(SNc3ccc(C(=O)NCCOCCOCC(=O)NCCOCCOCC(=O)O)cn3)cc2)cc1)CC(C)(C)C(=O)OC(C)(C)C. The first-order chi connectivity index (χ1) is 30.4. The van der Waals surface area contributed by atoms with Crippen molar-refractivity contribution in [2.24, 2.45) is 10.8 Å². The summed E-state index contributed by atoms with van der Waals surface area (Å²) in [6, 6.07) is 19.4. The van der Waals surface area contributed by atoms with E-state index in [0.29, 0.717) is 17.9 Å². The number of unbranched alkanes of at least 4 members (excludes halogenated alkanes) is 1. The van der Waals surface area contributed by atoms with Crippen LogP contribution in [0.25, 0.3) is 0 Å². The van der Waals surface area contributed by atoms with E-state index in [-0.39, 0.29) is 82.6 Å². The summed E-state index contributed by atoms with van der Waals surface area (Å²) in [5.41, 5.74) is 0.682. The molecule has 2 aromatic carbocycles. The Morgan fingerprint density at radius 3 is 1.84 bits per heavy atom. The van der Waals surface area contributed by atoms with Crippen LogP contribution >= 0.6 is 11.9 Å². The zero-order valence-electron chi connectivity index (χ0n) is 39.3. The van der Waals surface area contributed by atoms with E-state index in [4.69, 9.17) is 33.5 Å². The number of carbonyl (C=O) groups is 4. The van der Waals surface area contributed by atoms with Crippen LogP contribution < -0.4 is 20.1 Å². The predicted molar refractivity (Wildman–Crippen MR) is 250 cm³/mol. The Balaban J connectivity index is 0.00000694. The molecule has 0 unspecified atom stereocenters. The van der Waals surface area contributed by atoms with Gasteiger partial charge in [-0.1, -0.05) is 46.2 Å². The highest BCUT2D eigenvalue weighted by molar-refractivity contribution is 8.00. The van der Waals surface area contributed by atoms with Gasteiger partial charge in [-0.15, -0.1) is 0 Å². The van der Waals surface area contributed by atoms with Crippen molar-refractivity contribution in [3.8, 4) is 11.5 Å². The molecular weight excluding hydrogens is 841 g/mol. The number of anilines is 1. The molecule has 64 heavy (non-hydrogen) atoms. The number of carboxylic acids is 1.